The summed E-state index contributed by atoms with van der Waals surface area (Å²) in [6.45, 7) is 1.84. The first-order chi connectivity index (χ1) is 12.1. The molecule has 0 radical (unpaired) electrons. The minimum atomic E-state index is -4.43. The van der Waals surface area contributed by atoms with Crippen LogP contribution in [0.4, 0.5) is 13.2 Å². The smallest absolute Gasteiger partial charge is 0.310 e. The van der Waals surface area contributed by atoms with Crippen molar-refractivity contribution in [2.45, 2.75) is 12.5 Å². The molecule has 1 aromatic rings. The lowest BCUT2D eigenvalue weighted by molar-refractivity contribution is -0.148. The summed E-state index contributed by atoms with van der Waals surface area (Å²) >= 11 is 0. The quantitative estimate of drug-likeness (QED) is 0.413. The van der Waals surface area contributed by atoms with Gasteiger partial charge in [-0.3, -0.25) is 14.2 Å². The van der Waals surface area contributed by atoms with E-state index in [9.17, 15) is 26.4 Å². The first kappa shape index (κ1) is 20.6. The molecule has 0 spiro atoms. The van der Waals surface area contributed by atoms with Crippen LogP contribution >= 0.6 is 0 Å². The van der Waals surface area contributed by atoms with Crippen LogP contribution in [0.1, 0.15) is 5.56 Å². The van der Waals surface area contributed by atoms with Gasteiger partial charge in [-0.2, -0.15) is 8.42 Å². The van der Waals surface area contributed by atoms with E-state index in [0.717, 1.165) is 0 Å². The van der Waals surface area contributed by atoms with E-state index in [1.54, 1.807) is 4.90 Å². The molecule has 0 aliphatic carbocycles. The largest absolute Gasteiger partial charge is 0.460 e. The van der Waals surface area contributed by atoms with Crippen molar-refractivity contribution in [3.63, 3.8) is 0 Å². The van der Waals surface area contributed by atoms with Crippen LogP contribution in [0, 0.1) is 17.5 Å². The number of hydrogen-bond donors (Lipinski definition) is 1. The molecule has 1 aromatic carbocycles. The van der Waals surface area contributed by atoms with E-state index in [2.05, 4.69) is 0 Å². The number of benzene rings is 1. The molecule has 0 amide bonds. The van der Waals surface area contributed by atoms with Gasteiger partial charge in [0, 0.05) is 31.3 Å². The molecule has 1 saturated heterocycles. The molecule has 1 heterocycles. The first-order valence-electron chi connectivity index (χ1n) is 7.72. The van der Waals surface area contributed by atoms with Gasteiger partial charge in [0.25, 0.3) is 10.1 Å². The molecule has 0 saturated carbocycles. The molecule has 146 valence electrons. The molecular formula is C15H18F3NO6S. The third kappa shape index (κ3) is 6.56. The molecule has 1 fully saturated rings. The van der Waals surface area contributed by atoms with Gasteiger partial charge in [-0.05, 0) is 6.07 Å². The van der Waals surface area contributed by atoms with Crippen LogP contribution in [0.3, 0.4) is 0 Å². The van der Waals surface area contributed by atoms with E-state index in [-0.39, 0.29) is 6.54 Å². The Morgan fingerprint density at radius 1 is 1.19 bits per heavy atom. The Morgan fingerprint density at radius 3 is 2.42 bits per heavy atom. The topological polar surface area (TPSA) is 93.1 Å². The summed E-state index contributed by atoms with van der Waals surface area (Å²) in [7, 11) is -4.43. The Kier molecular flexibility index (Phi) is 6.98. The van der Waals surface area contributed by atoms with Gasteiger partial charge in [0.15, 0.2) is 11.6 Å². The second kappa shape index (κ2) is 8.80. The second-order valence-electron chi connectivity index (χ2n) is 5.81. The third-order valence-corrected chi connectivity index (χ3v) is 4.48. The first-order valence-corrected chi connectivity index (χ1v) is 9.33. The van der Waals surface area contributed by atoms with Crippen LogP contribution in [0.2, 0.25) is 0 Å². The highest BCUT2D eigenvalue weighted by molar-refractivity contribution is 7.85. The van der Waals surface area contributed by atoms with Crippen LogP contribution in [-0.4, -0.2) is 68.5 Å². The van der Waals surface area contributed by atoms with Crippen molar-refractivity contribution < 1.29 is 40.4 Å². The summed E-state index contributed by atoms with van der Waals surface area (Å²) in [5, 5.41) is 0. The molecule has 26 heavy (non-hydrogen) atoms. The molecular weight excluding hydrogens is 379 g/mol. The number of nitrogens with zero attached hydrogens (tertiary/aromatic N) is 1. The molecule has 1 unspecified atom stereocenters. The van der Waals surface area contributed by atoms with Crippen molar-refractivity contribution in [3.05, 3.63) is 35.1 Å². The lowest BCUT2D eigenvalue weighted by atomic mass is 10.1. The zero-order valence-electron chi connectivity index (χ0n) is 13.7. The van der Waals surface area contributed by atoms with Gasteiger partial charge in [0.05, 0.1) is 19.6 Å². The number of rotatable bonds is 7. The Morgan fingerprint density at radius 2 is 1.81 bits per heavy atom. The zero-order chi connectivity index (χ0) is 19.3. The standard InChI is InChI=1S/C15H18F3NO6S/c16-12-7-14(18)13(17)5-10(12)6-15(20)25-11(9-26(21,22)23)8-19-1-3-24-4-2-19/h5,7,11H,1-4,6,8-9H2,(H,21,22,23). The third-order valence-electron chi connectivity index (χ3n) is 3.68. The SMILES string of the molecule is O=C(Cc1cc(F)c(F)cc1F)OC(CN1CCOCC1)CS(=O)(=O)O. The number of carbonyl (C=O) groups excluding carboxylic acids is 1. The molecule has 0 bridgehead atoms. The monoisotopic (exact) mass is 397 g/mol. The van der Waals surface area contributed by atoms with Crippen LogP contribution in [0.25, 0.3) is 0 Å². The van der Waals surface area contributed by atoms with Crippen LogP contribution in [0.5, 0.6) is 0 Å². The minimum Gasteiger partial charge on any atom is -0.460 e. The van der Waals surface area contributed by atoms with Gasteiger partial charge in [-0.15, -0.1) is 0 Å². The minimum absolute atomic E-state index is 0.0230. The summed E-state index contributed by atoms with van der Waals surface area (Å²) in [5.74, 6) is -5.71. The lowest BCUT2D eigenvalue weighted by Crippen LogP contribution is -2.44. The Labute approximate surface area is 148 Å². The van der Waals surface area contributed by atoms with Crippen LogP contribution in [-0.2, 0) is 30.8 Å². The number of hydrogen-bond acceptors (Lipinski definition) is 6. The van der Waals surface area contributed by atoms with E-state index < -0.39 is 57.4 Å². The van der Waals surface area contributed by atoms with E-state index in [0.29, 0.717) is 38.4 Å². The molecule has 7 nitrogen and oxygen atoms in total. The van der Waals surface area contributed by atoms with Gasteiger partial charge in [0.1, 0.15) is 17.7 Å². The highest BCUT2D eigenvalue weighted by Gasteiger charge is 2.25. The zero-order valence-corrected chi connectivity index (χ0v) is 14.5. The van der Waals surface area contributed by atoms with Gasteiger partial charge in [-0.25, -0.2) is 13.2 Å². The van der Waals surface area contributed by atoms with Gasteiger partial charge in [-0.1, -0.05) is 0 Å². The molecule has 1 atom stereocenters. The van der Waals surface area contributed by atoms with Gasteiger partial charge >= 0.3 is 5.97 Å². The molecule has 2 rings (SSSR count). The number of ether oxygens (including phenoxy) is 2. The number of carbonyl (C=O) groups is 1. The van der Waals surface area contributed by atoms with E-state index in [1.165, 1.54) is 0 Å². The predicted octanol–water partition coefficient (Wildman–Crippen LogP) is 0.778. The molecule has 1 aliphatic heterocycles. The Bertz CT molecular complexity index is 752. The molecule has 11 heteroatoms. The van der Waals surface area contributed by atoms with Crippen molar-refractivity contribution >= 4 is 16.1 Å². The van der Waals surface area contributed by atoms with Crippen LogP contribution < -0.4 is 0 Å². The Hall–Kier alpha value is -1.69. The highest BCUT2D eigenvalue weighted by atomic mass is 32.2. The normalized spacial score (nSPS) is 17.1. The number of halogens is 3. The molecule has 0 aromatic heterocycles. The van der Waals surface area contributed by atoms with Crippen LogP contribution in [0.15, 0.2) is 12.1 Å². The summed E-state index contributed by atoms with van der Waals surface area (Å²) in [6.07, 6.45) is -1.92. The van der Waals surface area contributed by atoms with E-state index in [1.807, 2.05) is 0 Å². The number of esters is 1. The van der Waals surface area contributed by atoms with E-state index >= 15 is 0 Å². The lowest BCUT2D eigenvalue weighted by Gasteiger charge is -2.29. The van der Waals surface area contributed by atoms with Crippen molar-refractivity contribution in [1.82, 2.24) is 4.90 Å². The molecule has 1 aliphatic rings. The summed E-state index contributed by atoms with van der Waals surface area (Å²) < 4.78 is 81.1. The van der Waals surface area contributed by atoms with Crippen molar-refractivity contribution in [1.29, 1.82) is 0 Å². The second-order valence-corrected chi connectivity index (χ2v) is 7.31. The maximum Gasteiger partial charge on any atom is 0.310 e. The average molecular weight is 397 g/mol. The van der Waals surface area contributed by atoms with E-state index in [4.69, 9.17) is 14.0 Å². The van der Waals surface area contributed by atoms with Gasteiger partial charge in [0.2, 0.25) is 0 Å². The van der Waals surface area contributed by atoms with Crippen molar-refractivity contribution in [2.24, 2.45) is 0 Å². The fourth-order valence-corrected chi connectivity index (χ4v) is 3.16. The average Bonchev–Trinajstić information content (AvgIpc) is 2.52. The maximum atomic E-state index is 13.6. The van der Waals surface area contributed by atoms with Crippen molar-refractivity contribution in [2.75, 3.05) is 38.6 Å². The maximum absolute atomic E-state index is 13.6. The van der Waals surface area contributed by atoms with Crippen molar-refractivity contribution in [3.8, 4) is 0 Å². The fraction of sp³-hybridized carbons (Fsp3) is 0.533. The summed E-state index contributed by atoms with van der Waals surface area (Å²) in [4.78, 5) is 13.8. The molecule has 1 N–H and O–H groups in total. The van der Waals surface area contributed by atoms with Gasteiger partial charge < -0.3 is 9.47 Å². The number of morpholine rings is 1. The summed E-state index contributed by atoms with van der Waals surface area (Å²) in [6, 6.07) is 0.840. The fourth-order valence-electron chi connectivity index (χ4n) is 2.51. The Balaban J connectivity index is 2.03. The highest BCUT2D eigenvalue weighted by Crippen LogP contribution is 2.15. The predicted molar refractivity (Wildman–Crippen MR) is 83.6 cm³/mol. The summed E-state index contributed by atoms with van der Waals surface area (Å²) in [5.41, 5.74) is -0.425.